The fourth-order valence-electron chi connectivity index (χ4n) is 3.49. The molecule has 0 saturated carbocycles. The van der Waals surface area contributed by atoms with E-state index in [1.165, 1.54) is 29.5 Å². The third kappa shape index (κ3) is 4.63. The van der Waals surface area contributed by atoms with Gasteiger partial charge in [-0.2, -0.15) is 0 Å². The molecule has 30 heavy (non-hydrogen) atoms. The van der Waals surface area contributed by atoms with Gasteiger partial charge < -0.3 is 4.74 Å². The van der Waals surface area contributed by atoms with Crippen molar-refractivity contribution < 1.29 is 13.9 Å². The molecule has 2 aromatic carbocycles. The molecular formula is C23H24FN3O2S. The van der Waals surface area contributed by atoms with Gasteiger partial charge in [-0.05, 0) is 68.1 Å². The van der Waals surface area contributed by atoms with Crippen LogP contribution in [-0.4, -0.2) is 39.0 Å². The number of hydrogen-bond acceptors (Lipinski definition) is 5. The van der Waals surface area contributed by atoms with Crippen molar-refractivity contribution in [3.63, 3.8) is 0 Å². The highest BCUT2D eigenvalue weighted by Crippen LogP contribution is 2.27. The van der Waals surface area contributed by atoms with Crippen LogP contribution in [0.3, 0.4) is 0 Å². The zero-order chi connectivity index (χ0) is 21.1. The Hall–Kier alpha value is -2.51. The number of nitrogens with zero attached hydrogens (tertiary/aromatic N) is 3. The predicted octanol–water partition coefficient (Wildman–Crippen LogP) is 4.86. The van der Waals surface area contributed by atoms with E-state index in [1.54, 1.807) is 12.1 Å². The Labute approximate surface area is 179 Å². The normalized spacial score (nSPS) is 16.2. The number of aryl methyl sites for hydroxylation is 2. The molecule has 1 saturated heterocycles. The van der Waals surface area contributed by atoms with E-state index in [0.29, 0.717) is 23.1 Å². The first kappa shape index (κ1) is 20.8. The molecule has 1 aliphatic rings. The average molecular weight is 426 g/mol. The monoisotopic (exact) mass is 425 g/mol. The van der Waals surface area contributed by atoms with Crippen LogP contribution in [0.5, 0.6) is 0 Å². The lowest BCUT2D eigenvalue weighted by atomic mass is 10.0. The Morgan fingerprint density at radius 2 is 1.97 bits per heavy atom. The van der Waals surface area contributed by atoms with Crippen LogP contribution in [0.15, 0.2) is 47.6 Å². The highest BCUT2D eigenvalue weighted by Gasteiger charge is 2.22. The summed E-state index contributed by atoms with van der Waals surface area (Å²) in [6.45, 7) is 5.40. The van der Waals surface area contributed by atoms with Gasteiger partial charge in [0.2, 0.25) is 0 Å². The number of rotatable bonds is 7. The van der Waals surface area contributed by atoms with Crippen LogP contribution in [0.25, 0.3) is 11.4 Å². The molecule has 5 nitrogen and oxygen atoms in total. The number of ether oxygens (including phenoxy) is 1. The van der Waals surface area contributed by atoms with Crippen molar-refractivity contribution in [1.29, 1.82) is 0 Å². The summed E-state index contributed by atoms with van der Waals surface area (Å²) >= 11 is 1.37. The van der Waals surface area contributed by atoms with E-state index in [0.717, 1.165) is 30.6 Å². The van der Waals surface area contributed by atoms with Crippen LogP contribution >= 0.6 is 11.8 Å². The van der Waals surface area contributed by atoms with Crippen molar-refractivity contribution in [1.82, 2.24) is 14.8 Å². The maximum atomic E-state index is 13.4. The Morgan fingerprint density at radius 3 is 2.67 bits per heavy atom. The third-order valence-corrected chi connectivity index (χ3v) is 6.36. The van der Waals surface area contributed by atoms with Crippen LogP contribution in [0.1, 0.15) is 34.3 Å². The quantitative estimate of drug-likeness (QED) is 0.400. The fraction of sp³-hybridized carbons (Fsp3) is 0.348. The molecule has 0 aliphatic carbocycles. The molecule has 0 bridgehead atoms. The minimum absolute atomic E-state index is 0.0538. The van der Waals surface area contributed by atoms with Gasteiger partial charge in [-0.15, -0.1) is 10.2 Å². The highest BCUT2D eigenvalue weighted by atomic mass is 32.2. The minimum atomic E-state index is -0.294. The zero-order valence-electron chi connectivity index (χ0n) is 17.1. The van der Waals surface area contributed by atoms with Crippen LogP contribution in [-0.2, 0) is 11.3 Å². The van der Waals surface area contributed by atoms with E-state index in [-0.39, 0.29) is 23.5 Å². The summed E-state index contributed by atoms with van der Waals surface area (Å²) in [5.41, 5.74) is 3.76. The summed E-state index contributed by atoms with van der Waals surface area (Å²) in [6.07, 6.45) is 2.11. The Bertz CT molecular complexity index is 1040. The summed E-state index contributed by atoms with van der Waals surface area (Å²) in [4.78, 5) is 12.7. The van der Waals surface area contributed by atoms with Crippen LogP contribution in [0.4, 0.5) is 4.39 Å². The smallest absolute Gasteiger partial charge is 0.192 e. The van der Waals surface area contributed by atoms with Gasteiger partial charge in [-0.3, -0.25) is 9.36 Å². The molecule has 0 spiro atoms. The molecule has 2 heterocycles. The molecule has 7 heteroatoms. The predicted molar refractivity (Wildman–Crippen MR) is 115 cm³/mol. The summed E-state index contributed by atoms with van der Waals surface area (Å²) in [7, 11) is 0. The van der Waals surface area contributed by atoms with E-state index in [1.807, 2.05) is 36.6 Å². The van der Waals surface area contributed by atoms with Gasteiger partial charge in [0, 0.05) is 17.7 Å². The van der Waals surface area contributed by atoms with Crippen LogP contribution < -0.4 is 0 Å². The van der Waals surface area contributed by atoms with Crippen molar-refractivity contribution in [3.8, 4) is 11.4 Å². The van der Waals surface area contributed by atoms with Gasteiger partial charge in [0.05, 0.1) is 18.4 Å². The topological polar surface area (TPSA) is 57.0 Å². The lowest BCUT2D eigenvalue weighted by Crippen LogP contribution is -2.17. The number of aromatic nitrogens is 3. The Balaban J connectivity index is 1.56. The number of thioether (sulfide) groups is 1. The molecule has 1 aliphatic heterocycles. The number of Topliss-reactive ketones (excluding diaryl/α,β-unsaturated/α-hetero) is 1. The molecule has 1 atom stereocenters. The van der Waals surface area contributed by atoms with Gasteiger partial charge in [0.1, 0.15) is 5.82 Å². The standard InChI is InChI=1S/C23H24FN3O2S/c1-15-5-6-18(12-16(15)2)21(28)14-30-23-26-25-22(17-7-9-19(24)10-8-17)27(23)13-20-4-3-11-29-20/h5-10,12,20H,3-4,11,13-14H2,1-2H3. The van der Waals surface area contributed by atoms with E-state index >= 15 is 0 Å². The molecule has 3 aromatic rings. The third-order valence-electron chi connectivity index (χ3n) is 5.39. The summed E-state index contributed by atoms with van der Waals surface area (Å²) < 4.78 is 21.1. The number of benzene rings is 2. The molecule has 0 N–H and O–H groups in total. The van der Waals surface area contributed by atoms with Crippen LogP contribution in [0.2, 0.25) is 0 Å². The van der Waals surface area contributed by atoms with Gasteiger partial charge in [0.15, 0.2) is 16.8 Å². The average Bonchev–Trinajstić information content (AvgIpc) is 3.39. The summed E-state index contributed by atoms with van der Waals surface area (Å²) in [5.74, 6) is 0.692. The minimum Gasteiger partial charge on any atom is -0.376 e. The van der Waals surface area contributed by atoms with Gasteiger partial charge in [-0.25, -0.2) is 4.39 Å². The van der Waals surface area contributed by atoms with E-state index in [9.17, 15) is 9.18 Å². The molecule has 4 rings (SSSR count). The SMILES string of the molecule is Cc1ccc(C(=O)CSc2nnc(-c3ccc(F)cc3)n2CC2CCCO2)cc1C. The molecule has 0 amide bonds. The second kappa shape index (κ2) is 9.10. The molecule has 0 radical (unpaired) electrons. The molecule has 1 fully saturated rings. The number of carbonyl (C=O) groups excluding carboxylic acids is 1. The summed E-state index contributed by atoms with van der Waals surface area (Å²) in [6, 6.07) is 12.0. The second-order valence-electron chi connectivity index (χ2n) is 7.57. The maximum absolute atomic E-state index is 13.4. The fourth-order valence-corrected chi connectivity index (χ4v) is 4.34. The van der Waals surface area contributed by atoms with Gasteiger partial charge >= 0.3 is 0 Å². The van der Waals surface area contributed by atoms with Crippen molar-refractivity contribution >= 4 is 17.5 Å². The first-order valence-electron chi connectivity index (χ1n) is 10.1. The lowest BCUT2D eigenvalue weighted by molar-refractivity contribution is 0.0953. The number of hydrogen-bond donors (Lipinski definition) is 0. The second-order valence-corrected chi connectivity index (χ2v) is 8.51. The van der Waals surface area contributed by atoms with Crippen molar-refractivity contribution in [2.75, 3.05) is 12.4 Å². The van der Waals surface area contributed by atoms with Crippen LogP contribution in [0, 0.1) is 19.7 Å². The van der Waals surface area contributed by atoms with Crippen molar-refractivity contribution in [3.05, 3.63) is 65.0 Å². The molecule has 1 aromatic heterocycles. The number of ketones is 1. The van der Waals surface area contributed by atoms with E-state index in [2.05, 4.69) is 10.2 Å². The zero-order valence-corrected chi connectivity index (χ0v) is 17.9. The summed E-state index contributed by atoms with van der Waals surface area (Å²) in [5, 5.41) is 9.33. The Morgan fingerprint density at radius 1 is 1.17 bits per heavy atom. The molecule has 1 unspecified atom stereocenters. The molecule has 156 valence electrons. The first-order chi connectivity index (χ1) is 14.5. The molecular weight excluding hydrogens is 401 g/mol. The van der Waals surface area contributed by atoms with Crippen molar-refractivity contribution in [2.45, 2.75) is 44.5 Å². The number of halogens is 1. The number of carbonyl (C=O) groups is 1. The highest BCUT2D eigenvalue weighted by molar-refractivity contribution is 7.99. The Kier molecular flexibility index (Phi) is 6.29. The lowest BCUT2D eigenvalue weighted by Gasteiger charge is -2.14. The van der Waals surface area contributed by atoms with Gasteiger partial charge in [0.25, 0.3) is 0 Å². The van der Waals surface area contributed by atoms with E-state index in [4.69, 9.17) is 4.74 Å². The first-order valence-corrected chi connectivity index (χ1v) is 11.0. The van der Waals surface area contributed by atoms with Gasteiger partial charge in [-0.1, -0.05) is 23.9 Å². The maximum Gasteiger partial charge on any atom is 0.192 e. The largest absolute Gasteiger partial charge is 0.376 e. The van der Waals surface area contributed by atoms with E-state index < -0.39 is 0 Å². The van der Waals surface area contributed by atoms with Crippen molar-refractivity contribution in [2.24, 2.45) is 0 Å².